The van der Waals surface area contributed by atoms with Crippen molar-refractivity contribution in [2.45, 2.75) is 12.3 Å². The van der Waals surface area contributed by atoms with Gasteiger partial charge in [0.2, 0.25) is 0 Å². The summed E-state index contributed by atoms with van der Waals surface area (Å²) in [6, 6.07) is 0. The highest BCUT2D eigenvalue weighted by molar-refractivity contribution is 4.64. The second kappa shape index (κ2) is 3.55. The van der Waals surface area contributed by atoms with Crippen molar-refractivity contribution in [2.24, 2.45) is 0 Å². The third kappa shape index (κ3) is 2.89. The largest absolute Gasteiger partial charge is 0.488 e. The molecule has 0 aliphatic rings. The van der Waals surface area contributed by atoms with Crippen molar-refractivity contribution >= 4 is 0 Å². The SMILES string of the molecule is C=C=COOC(F)(F)C(F)(F)F. The van der Waals surface area contributed by atoms with Gasteiger partial charge in [-0.05, 0) is 0 Å². The van der Waals surface area contributed by atoms with E-state index in [-0.39, 0.29) is 0 Å². The van der Waals surface area contributed by atoms with Crippen molar-refractivity contribution < 1.29 is 31.7 Å². The fraction of sp³-hybridized carbons (Fsp3) is 0.400. The molecule has 0 heterocycles. The van der Waals surface area contributed by atoms with Gasteiger partial charge in [-0.2, -0.15) is 22.0 Å². The smallest absolute Gasteiger partial charge is 0.331 e. The van der Waals surface area contributed by atoms with Crippen LogP contribution in [0.25, 0.3) is 0 Å². The van der Waals surface area contributed by atoms with Crippen LogP contribution < -0.4 is 0 Å². The summed E-state index contributed by atoms with van der Waals surface area (Å²) in [4.78, 5) is 6.02. The molecule has 0 aromatic heterocycles. The summed E-state index contributed by atoms with van der Waals surface area (Å²) < 4.78 is 57.2. The van der Waals surface area contributed by atoms with Crippen molar-refractivity contribution in [1.29, 1.82) is 0 Å². The average molecular weight is 190 g/mol. The molecule has 0 bridgehead atoms. The molecule has 0 aromatic carbocycles. The van der Waals surface area contributed by atoms with Crippen LogP contribution in [0.15, 0.2) is 18.6 Å². The Balaban J connectivity index is 4.13. The van der Waals surface area contributed by atoms with Crippen LogP contribution in [0.5, 0.6) is 0 Å². The normalized spacial score (nSPS) is 12.1. The fourth-order valence-corrected chi connectivity index (χ4v) is 0.166. The van der Waals surface area contributed by atoms with E-state index in [0.717, 1.165) is 0 Å². The molecule has 2 nitrogen and oxygen atoms in total. The number of hydrogen-bond acceptors (Lipinski definition) is 2. The Morgan fingerprint density at radius 1 is 1.17 bits per heavy atom. The Morgan fingerprint density at radius 3 is 2.00 bits per heavy atom. The second-order valence-electron chi connectivity index (χ2n) is 1.52. The first kappa shape index (κ1) is 10.9. The molecule has 70 valence electrons. The van der Waals surface area contributed by atoms with Crippen LogP contribution in [0.4, 0.5) is 22.0 Å². The summed E-state index contributed by atoms with van der Waals surface area (Å²) in [6.07, 6.45) is -10.8. The Hall–Kier alpha value is -1.07. The summed E-state index contributed by atoms with van der Waals surface area (Å²) in [7, 11) is 0. The third-order valence-electron chi connectivity index (χ3n) is 0.614. The van der Waals surface area contributed by atoms with E-state index in [1.54, 1.807) is 5.73 Å². The van der Waals surface area contributed by atoms with Crippen molar-refractivity contribution in [3.63, 3.8) is 0 Å². The molecule has 7 heteroatoms. The average Bonchev–Trinajstić information content (AvgIpc) is 1.85. The molecule has 0 unspecified atom stereocenters. The van der Waals surface area contributed by atoms with Gasteiger partial charge in [0, 0.05) is 0 Å². The van der Waals surface area contributed by atoms with E-state index in [4.69, 9.17) is 0 Å². The van der Waals surface area contributed by atoms with Crippen LogP contribution in [-0.4, -0.2) is 12.3 Å². The van der Waals surface area contributed by atoms with Crippen LogP contribution in [0.2, 0.25) is 0 Å². The zero-order valence-corrected chi connectivity index (χ0v) is 5.49. The minimum absolute atomic E-state index is 0.319. The molecule has 0 aliphatic heterocycles. The van der Waals surface area contributed by atoms with Gasteiger partial charge in [-0.25, -0.2) is 0 Å². The molecule has 0 fully saturated rings. The predicted molar refractivity (Wildman–Crippen MR) is 26.9 cm³/mol. The van der Waals surface area contributed by atoms with Crippen molar-refractivity contribution in [3.05, 3.63) is 18.6 Å². The highest BCUT2D eigenvalue weighted by Gasteiger charge is 2.61. The molecular weight excluding hydrogens is 187 g/mol. The second-order valence-corrected chi connectivity index (χ2v) is 1.52. The van der Waals surface area contributed by atoms with E-state index in [9.17, 15) is 22.0 Å². The topological polar surface area (TPSA) is 18.5 Å². The minimum Gasteiger partial charge on any atom is -0.331 e. The van der Waals surface area contributed by atoms with Crippen LogP contribution in [0.3, 0.4) is 0 Å². The summed E-state index contributed by atoms with van der Waals surface area (Å²) in [5.74, 6) is 0. The van der Waals surface area contributed by atoms with Gasteiger partial charge in [0.15, 0.2) is 6.26 Å². The number of hydrogen-bond donors (Lipinski definition) is 0. The van der Waals surface area contributed by atoms with Gasteiger partial charge in [-0.3, -0.25) is 0 Å². The molecule has 0 saturated carbocycles. The maximum absolute atomic E-state index is 11.7. The lowest BCUT2D eigenvalue weighted by Gasteiger charge is -2.16. The van der Waals surface area contributed by atoms with Gasteiger partial charge in [-0.15, -0.1) is 4.89 Å². The maximum Gasteiger partial charge on any atom is 0.488 e. The minimum atomic E-state index is -5.80. The van der Waals surface area contributed by atoms with E-state index in [0.29, 0.717) is 6.26 Å². The van der Waals surface area contributed by atoms with Gasteiger partial charge >= 0.3 is 12.3 Å². The standard InChI is InChI=1S/C5H3F5O2/c1-2-3-11-12-5(9,10)4(6,7)8/h3H,1H2. The number of alkyl halides is 5. The molecule has 0 aromatic rings. The van der Waals surface area contributed by atoms with E-state index in [1.165, 1.54) is 0 Å². The first-order valence-electron chi connectivity index (χ1n) is 2.44. The first-order chi connectivity index (χ1) is 5.31. The predicted octanol–water partition coefficient (Wildman–Crippen LogP) is 2.39. The van der Waals surface area contributed by atoms with Gasteiger partial charge in [0.05, 0.1) is 0 Å². The van der Waals surface area contributed by atoms with E-state index < -0.39 is 12.3 Å². The molecule has 0 aliphatic carbocycles. The molecule has 0 amide bonds. The van der Waals surface area contributed by atoms with Crippen LogP contribution >= 0.6 is 0 Å². The Bertz CT molecular complexity index is 191. The molecular formula is C5H3F5O2. The van der Waals surface area contributed by atoms with Crippen molar-refractivity contribution in [3.8, 4) is 0 Å². The lowest BCUT2D eigenvalue weighted by Crippen LogP contribution is -2.38. The summed E-state index contributed by atoms with van der Waals surface area (Å²) in [5, 5.41) is 0. The van der Waals surface area contributed by atoms with Crippen LogP contribution in [0.1, 0.15) is 0 Å². The highest BCUT2D eigenvalue weighted by atomic mass is 19.4. The zero-order valence-electron chi connectivity index (χ0n) is 5.49. The quantitative estimate of drug-likeness (QED) is 0.223. The molecule has 0 saturated heterocycles. The zero-order chi connectivity index (χ0) is 9.83. The van der Waals surface area contributed by atoms with E-state index in [2.05, 4.69) is 16.4 Å². The Kier molecular flexibility index (Phi) is 3.24. The molecule has 0 atom stereocenters. The van der Waals surface area contributed by atoms with Crippen molar-refractivity contribution in [1.82, 2.24) is 0 Å². The lowest BCUT2D eigenvalue weighted by molar-refractivity contribution is -0.489. The van der Waals surface area contributed by atoms with Crippen molar-refractivity contribution in [2.75, 3.05) is 0 Å². The lowest BCUT2D eigenvalue weighted by atomic mass is 10.6. The molecule has 0 spiro atoms. The van der Waals surface area contributed by atoms with E-state index >= 15 is 0 Å². The van der Waals surface area contributed by atoms with Gasteiger partial charge in [0.1, 0.15) is 0 Å². The van der Waals surface area contributed by atoms with Gasteiger partial charge < -0.3 is 4.89 Å². The molecule has 0 N–H and O–H groups in total. The van der Waals surface area contributed by atoms with Crippen LogP contribution in [0, 0.1) is 0 Å². The number of halogens is 5. The summed E-state index contributed by atoms with van der Waals surface area (Å²) in [6.45, 7) is 2.83. The number of rotatable bonds is 3. The summed E-state index contributed by atoms with van der Waals surface area (Å²) in [5.41, 5.74) is 1.77. The van der Waals surface area contributed by atoms with Gasteiger partial charge in [0.25, 0.3) is 0 Å². The first-order valence-corrected chi connectivity index (χ1v) is 2.44. The molecule has 12 heavy (non-hydrogen) atoms. The molecule has 0 radical (unpaired) electrons. The fourth-order valence-electron chi connectivity index (χ4n) is 0.166. The Labute approximate surface area is 63.8 Å². The molecule has 0 rings (SSSR count). The van der Waals surface area contributed by atoms with Crippen LogP contribution in [-0.2, 0) is 9.78 Å². The third-order valence-corrected chi connectivity index (χ3v) is 0.614. The Morgan fingerprint density at radius 2 is 1.67 bits per heavy atom. The maximum atomic E-state index is 11.7. The van der Waals surface area contributed by atoms with E-state index in [1.807, 2.05) is 0 Å². The van der Waals surface area contributed by atoms with Gasteiger partial charge in [-0.1, -0.05) is 12.3 Å². The monoisotopic (exact) mass is 190 g/mol. The highest BCUT2D eigenvalue weighted by Crippen LogP contribution is 2.36. The summed E-state index contributed by atoms with van der Waals surface area (Å²) >= 11 is 0.